The standard InChI is InChI=1S/C21H25BrN2O2/c1-15-11-18(22)12-19(26-2)20(15)23-21(25)17-9-6-10-24(14-17)13-16-7-4-3-5-8-16/h3-5,7-8,11-12,17H,6,9-10,13-14H2,1-2H3,(H,23,25). The summed E-state index contributed by atoms with van der Waals surface area (Å²) in [5.41, 5.74) is 3.04. The van der Waals surface area contributed by atoms with E-state index in [1.807, 2.05) is 25.1 Å². The van der Waals surface area contributed by atoms with Crippen LogP contribution in [0, 0.1) is 12.8 Å². The largest absolute Gasteiger partial charge is 0.495 e. The Balaban J connectivity index is 1.66. The fourth-order valence-corrected chi connectivity index (χ4v) is 4.06. The van der Waals surface area contributed by atoms with Crippen molar-refractivity contribution in [3.63, 3.8) is 0 Å². The number of benzene rings is 2. The molecule has 1 atom stereocenters. The molecule has 4 nitrogen and oxygen atoms in total. The van der Waals surface area contributed by atoms with Crippen LogP contribution in [-0.4, -0.2) is 31.0 Å². The molecular formula is C21H25BrN2O2. The zero-order valence-corrected chi connectivity index (χ0v) is 16.9. The molecule has 138 valence electrons. The van der Waals surface area contributed by atoms with Crippen molar-refractivity contribution in [2.24, 2.45) is 5.92 Å². The van der Waals surface area contributed by atoms with E-state index in [-0.39, 0.29) is 11.8 Å². The Morgan fingerprint density at radius 1 is 1.31 bits per heavy atom. The number of nitrogens with one attached hydrogen (secondary N) is 1. The van der Waals surface area contributed by atoms with Crippen molar-refractivity contribution in [3.8, 4) is 5.75 Å². The number of halogens is 1. The van der Waals surface area contributed by atoms with E-state index in [0.29, 0.717) is 5.75 Å². The lowest BCUT2D eigenvalue weighted by Crippen LogP contribution is -2.40. The van der Waals surface area contributed by atoms with Gasteiger partial charge >= 0.3 is 0 Å². The Kier molecular flexibility index (Phi) is 6.33. The Morgan fingerprint density at radius 3 is 2.81 bits per heavy atom. The van der Waals surface area contributed by atoms with Crippen LogP contribution in [-0.2, 0) is 11.3 Å². The number of methoxy groups -OCH3 is 1. The third-order valence-electron chi connectivity index (χ3n) is 4.86. The van der Waals surface area contributed by atoms with Gasteiger partial charge in [0.05, 0.1) is 18.7 Å². The third kappa shape index (κ3) is 4.65. The fourth-order valence-electron chi connectivity index (χ4n) is 3.51. The van der Waals surface area contributed by atoms with Crippen molar-refractivity contribution < 1.29 is 9.53 Å². The normalized spacial score (nSPS) is 17.7. The molecule has 2 aromatic rings. The first-order valence-corrected chi connectivity index (χ1v) is 9.77. The predicted molar refractivity (Wildman–Crippen MR) is 109 cm³/mol. The van der Waals surface area contributed by atoms with E-state index >= 15 is 0 Å². The summed E-state index contributed by atoms with van der Waals surface area (Å²) < 4.78 is 6.38. The van der Waals surface area contributed by atoms with E-state index in [9.17, 15) is 4.79 Å². The van der Waals surface area contributed by atoms with Gasteiger partial charge in [0.2, 0.25) is 5.91 Å². The van der Waals surface area contributed by atoms with E-state index in [2.05, 4.69) is 50.4 Å². The first kappa shape index (κ1) is 18.9. The maximum atomic E-state index is 12.9. The highest BCUT2D eigenvalue weighted by atomic mass is 79.9. The van der Waals surface area contributed by atoms with Crippen molar-refractivity contribution in [2.75, 3.05) is 25.5 Å². The lowest BCUT2D eigenvalue weighted by molar-refractivity contribution is -0.121. The minimum absolute atomic E-state index is 0.000199. The molecule has 1 amide bonds. The zero-order chi connectivity index (χ0) is 18.5. The average molecular weight is 417 g/mol. The number of carbonyl (C=O) groups is 1. The van der Waals surface area contributed by atoms with Crippen LogP contribution in [0.3, 0.4) is 0 Å². The fraction of sp³-hybridized carbons (Fsp3) is 0.381. The highest BCUT2D eigenvalue weighted by Gasteiger charge is 2.26. The second-order valence-corrected chi connectivity index (χ2v) is 7.76. The number of aryl methyl sites for hydroxylation is 1. The van der Waals surface area contributed by atoms with Crippen LogP contribution in [0.5, 0.6) is 5.75 Å². The minimum atomic E-state index is 0.000199. The van der Waals surface area contributed by atoms with Crippen LogP contribution in [0.1, 0.15) is 24.0 Å². The van der Waals surface area contributed by atoms with Crippen molar-refractivity contribution in [2.45, 2.75) is 26.3 Å². The predicted octanol–water partition coefficient (Wildman–Crippen LogP) is 4.62. The maximum absolute atomic E-state index is 12.9. The van der Waals surface area contributed by atoms with Gasteiger partial charge in [0.1, 0.15) is 5.75 Å². The Morgan fingerprint density at radius 2 is 2.08 bits per heavy atom. The Labute approximate surface area is 163 Å². The zero-order valence-electron chi connectivity index (χ0n) is 15.3. The molecule has 0 spiro atoms. The molecule has 1 aliphatic heterocycles. The molecule has 0 bridgehead atoms. The first-order valence-electron chi connectivity index (χ1n) is 8.98. The van der Waals surface area contributed by atoms with Crippen LogP contribution in [0.4, 0.5) is 5.69 Å². The number of likely N-dealkylation sites (tertiary alicyclic amines) is 1. The molecular weight excluding hydrogens is 392 g/mol. The third-order valence-corrected chi connectivity index (χ3v) is 5.32. The van der Waals surface area contributed by atoms with Crippen LogP contribution in [0.25, 0.3) is 0 Å². The molecule has 1 aliphatic rings. The highest BCUT2D eigenvalue weighted by Crippen LogP contribution is 2.33. The summed E-state index contributed by atoms with van der Waals surface area (Å²) in [6.07, 6.45) is 1.97. The molecule has 0 saturated carbocycles. The summed E-state index contributed by atoms with van der Waals surface area (Å²) in [7, 11) is 1.62. The Hall–Kier alpha value is -1.85. The second kappa shape index (κ2) is 8.69. The van der Waals surface area contributed by atoms with Crippen molar-refractivity contribution in [3.05, 3.63) is 58.1 Å². The summed E-state index contributed by atoms with van der Waals surface area (Å²) >= 11 is 3.47. The van der Waals surface area contributed by atoms with E-state index in [4.69, 9.17) is 4.74 Å². The Bertz CT molecular complexity index is 764. The van der Waals surface area contributed by atoms with E-state index in [1.165, 1.54) is 5.56 Å². The highest BCUT2D eigenvalue weighted by molar-refractivity contribution is 9.10. The molecule has 3 rings (SSSR count). The van der Waals surface area contributed by atoms with Crippen LogP contribution in [0.2, 0.25) is 0 Å². The van der Waals surface area contributed by atoms with Crippen LogP contribution >= 0.6 is 15.9 Å². The van der Waals surface area contributed by atoms with Gasteiger partial charge in [-0.1, -0.05) is 46.3 Å². The van der Waals surface area contributed by atoms with Gasteiger partial charge in [0.25, 0.3) is 0 Å². The SMILES string of the molecule is COc1cc(Br)cc(C)c1NC(=O)C1CCCN(Cc2ccccc2)C1. The van der Waals surface area contributed by atoms with E-state index in [0.717, 1.165) is 48.2 Å². The van der Waals surface area contributed by atoms with Gasteiger partial charge in [-0.2, -0.15) is 0 Å². The summed E-state index contributed by atoms with van der Waals surface area (Å²) in [4.78, 5) is 15.2. The molecule has 26 heavy (non-hydrogen) atoms. The number of piperidine rings is 1. The summed E-state index contributed by atoms with van der Waals surface area (Å²) in [5.74, 6) is 0.758. The topological polar surface area (TPSA) is 41.6 Å². The van der Waals surface area contributed by atoms with E-state index < -0.39 is 0 Å². The van der Waals surface area contributed by atoms with E-state index in [1.54, 1.807) is 7.11 Å². The molecule has 1 unspecified atom stereocenters. The van der Waals surface area contributed by atoms with Gasteiger partial charge in [0.15, 0.2) is 0 Å². The molecule has 1 heterocycles. The molecule has 5 heteroatoms. The van der Waals surface area contributed by atoms with Gasteiger partial charge in [-0.3, -0.25) is 9.69 Å². The monoisotopic (exact) mass is 416 g/mol. The molecule has 1 N–H and O–H groups in total. The summed E-state index contributed by atoms with van der Waals surface area (Å²) in [5, 5.41) is 3.10. The average Bonchev–Trinajstić information content (AvgIpc) is 2.64. The molecule has 1 fully saturated rings. The number of ether oxygens (including phenoxy) is 1. The number of amides is 1. The minimum Gasteiger partial charge on any atom is -0.495 e. The van der Waals surface area contributed by atoms with Crippen LogP contribution < -0.4 is 10.1 Å². The lowest BCUT2D eigenvalue weighted by atomic mass is 9.96. The smallest absolute Gasteiger partial charge is 0.228 e. The number of anilines is 1. The van der Waals surface area contributed by atoms with Crippen molar-refractivity contribution in [1.82, 2.24) is 4.90 Å². The van der Waals surface area contributed by atoms with Gasteiger partial charge in [-0.15, -0.1) is 0 Å². The number of hydrogen-bond donors (Lipinski definition) is 1. The number of rotatable bonds is 5. The summed E-state index contributed by atoms with van der Waals surface area (Å²) in [6.45, 7) is 4.70. The molecule has 0 radical (unpaired) electrons. The number of hydrogen-bond acceptors (Lipinski definition) is 3. The summed E-state index contributed by atoms with van der Waals surface area (Å²) in [6, 6.07) is 14.3. The molecule has 0 aliphatic carbocycles. The van der Waals surface area contributed by atoms with Gasteiger partial charge in [-0.25, -0.2) is 0 Å². The number of nitrogens with zero attached hydrogens (tertiary/aromatic N) is 1. The van der Waals surface area contributed by atoms with Gasteiger partial charge in [0, 0.05) is 17.6 Å². The van der Waals surface area contributed by atoms with Crippen molar-refractivity contribution >= 4 is 27.5 Å². The quantitative estimate of drug-likeness (QED) is 0.772. The molecule has 1 saturated heterocycles. The van der Waals surface area contributed by atoms with Gasteiger partial charge < -0.3 is 10.1 Å². The first-order chi connectivity index (χ1) is 12.6. The van der Waals surface area contributed by atoms with Crippen molar-refractivity contribution in [1.29, 1.82) is 0 Å². The maximum Gasteiger partial charge on any atom is 0.228 e. The number of carbonyl (C=O) groups excluding carboxylic acids is 1. The molecule has 2 aromatic carbocycles. The second-order valence-electron chi connectivity index (χ2n) is 6.85. The lowest BCUT2D eigenvalue weighted by Gasteiger charge is -2.32. The van der Waals surface area contributed by atoms with Gasteiger partial charge in [-0.05, 0) is 49.6 Å². The van der Waals surface area contributed by atoms with Crippen LogP contribution in [0.15, 0.2) is 46.9 Å². The molecule has 0 aromatic heterocycles.